The molecule has 0 atom stereocenters. The van der Waals surface area contributed by atoms with Crippen LogP contribution in [0.25, 0.3) is 11.1 Å². The zero-order valence-electron chi connectivity index (χ0n) is 14.1. The number of halogens is 1. The molecule has 1 amide bonds. The van der Waals surface area contributed by atoms with Crippen LogP contribution in [0.5, 0.6) is 0 Å². The molecule has 25 heavy (non-hydrogen) atoms. The molecule has 5 heteroatoms. The molecule has 4 aliphatic carbocycles. The Balaban J connectivity index is 1.36. The number of carbonyl (C=O) groups excluding carboxylic acids is 1. The summed E-state index contributed by atoms with van der Waals surface area (Å²) in [4.78, 5) is 19.6. The van der Waals surface area contributed by atoms with Crippen molar-refractivity contribution in [2.24, 2.45) is 17.8 Å². The van der Waals surface area contributed by atoms with Gasteiger partial charge >= 0.3 is 0 Å². The molecule has 2 N–H and O–H groups in total. The minimum atomic E-state index is -0.380. The van der Waals surface area contributed by atoms with Crippen LogP contribution in [-0.2, 0) is 0 Å². The molecule has 0 saturated heterocycles. The van der Waals surface area contributed by atoms with Crippen LogP contribution < -0.4 is 5.32 Å². The van der Waals surface area contributed by atoms with Gasteiger partial charge in [0.05, 0.1) is 6.20 Å². The van der Waals surface area contributed by atoms with Crippen LogP contribution in [-0.4, -0.2) is 21.4 Å². The van der Waals surface area contributed by atoms with Gasteiger partial charge in [-0.05, 0) is 68.4 Å². The van der Waals surface area contributed by atoms with Gasteiger partial charge in [0.25, 0.3) is 5.91 Å². The molecule has 2 heterocycles. The second kappa shape index (κ2) is 5.41. The van der Waals surface area contributed by atoms with E-state index < -0.39 is 0 Å². The van der Waals surface area contributed by atoms with Crippen molar-refractivity contribution in [1.29, 1.82) is 0 Å². The maximum absolute atomic E-state index is 13.9. The van der Waals surface area contributed by atoms with Gasteiger partial charge in [-0.25, -0.2) is 4.39 Å². The highest BCUT2D eigenvalue weighted by Gasteiger charge is 2.51. The molecule has 0 aliphatic heterocycles. The van der Waals surface area contributed by atoms with E-state index in [1.54, 1.807) is 24.5 Å². The summed E-state index contributed by atoms with van der Waals surface area (Å²) in [6, 6.07) is 3.35. The topological polar surface area (TPSA) is 57.8 Å². The highest BCUT2D eigenvalue weighted by Crippen LogP contribution is 2.55. The van der Waals surface area contributed by atoms with Crippen LogP contribution in [0.4, 0.5) is 4.39 Å². The Kier molecular flexibility index (Phi) is 3.27. The molecule has 0 aromatic carbocycles. The van der Waals surface area contributed by atoms with Crippen LogP contribution in [0.2, 0.25) is 0 Å². The summed E-state index contributed by atoms with van der Waals surface area (Å²) in [6.07, 6.45) is 11.9. The van der Waals surface area contributed by atoms with Gasteiger partial charge in [-0.2, -0.15) is 0 Å². The summed E-state index contributed by atoms with van der Waals surface area (Å²) in [7, 11) is 0. The molecule has 4 bridgehead atoms. The van der Waals surface area contributed by atoms with E-state index in [0.717, 1.165) is 37.0 Å². The van der Waals surface area contributed by atoms with Crippen molar-refractivity contribution < 1.29 is 9.18 Å². The maximum Gasteiger partial charge on any atom is 0.268 e. The Morgan fingerprint density at radius 2 is 1.88 bits per heavy atom. The number of amides is 1. The van der Waals surface area contributed by atoms with E-state index in [2.05, 4.69) is 15.3 Å². The second-order valence-electron chi connectivity index (χ2n) is 8.31. The van der Waals surface area contributed by atoms with Gasteiger partial charge in [-0.3, -0.25) is 9.78 Å². The number of nitrogens with zero attached hydrogens (tertiary/aromatic N) is 1. The van der Waals surface area contributed by atoms with Crippen molar-refractivity contribution in [2.75, 3.05) is 0 Å². The Labute approximate surface area is 146 Å². The number of aromatic nitrogens is 2. The summed E-state index contributed by atoms with van der Waals surface area (Å²) < 4.78 is 13.9. The lowest BCUT2D eigenvalue weighted by atomic mass is 9.53. The largest absolute Gasteiger partial charge is 0.357 e. The average molecular weight is 339 g/mol. The molecule has 4 nitrogen and oxygen atoms in total. The minimum absolute atomic E-state index is 0.0149. The molecule has 0 radical (unpaired) electrons. The van der Waals surface area contributed by atoms with Crippen molar-refractivity contribution in [3.05, 3.63) is 42.2 Å². The quantitative estimate of drug-likeness (QED) is 0.890. The van der Waals surface area contributed by atoms with Crippen LogP contribution in [0, 0.1) is 23.6 Å². The Morgan fingerprint density at radius 3 is 2.52 bits per heavy atom. The summed E-state index contributed by atoms with van der Waals surface area (Å²) in [6.45, 7) is 0. The monoisotopic (exact) mass is 339 g/mol. The van der Waals surface area contributed by atoms with Gasteiger partial charge in [0.2, 0.25) is 0 Å². The molecule has 0 spiro atoms. The van der Waals surface area contributed by atoms with E-state index in [1.807, 2.05) is 0 Å². The SMILES string of the molecule is O=C(NC12CC3CC(CC(C3)C1)C2)c1cc(-c2ccncc2F)c[nH]1. The predicted molar refractivity (Wildman–Crippen MR) is 92.4 cm³/mol. The van der Waals surface area contributed by atoms with Crippen molar-refractivity contribution in [1.82, 2.24) is 15.3 Å². The Morgan fingerprint density at radius 1 is 1.20 bits per heavy atom. The number of aromatic amines is 1. The summed E-state index contributed by atoms with van der Waals surface area (Å²) >= 11 is 0. The fraction of sp³-hybridized carbons (Fsp3) is 0.500. The standard InChI is InChI=1S/C20H22FN3O/c21-17-11-22-2-1-16(17)15-6-18(23-10-15)19(25)24-20-7-12-3-13(8-20)5-14(4-12)9-20/h1-2,6,10-14,23H,3-5,7-9H2,(H,24,25). The molecule has 2 aromatic rings. The third-order valence-electron chi connectivity index (χ3n) is 6.43. The molecular formula is C20H22FN3O. The first-order valence-corrected chi connectivity index (χ1v) is 9.21. The van der Waals surface area contributed by atoms with E-state index in [4.69, 9.17) is 0 Å². The summed E-state index contributed by atoms with van der Waals surface area (Å²) in [5.74, 6) is 1.92. The van der Waals surface area contributed by atoms with Gasteiger partial charge in [-0.1, -0.05) is 0 Å². The fourth-order valence-electron chi connectivity index (χ4n) is 5.86. The zero-order chi connectivity index (χ0) is 17.0. The molecule has 4 fully saturated rings. The first kappa shape index (κ1) is 15.1. The average Bonchev–Trinajstić information content (AvgIpc) is 3.03. The lowest BCUT2D eigenvalue weighted by Gasteiger charge is -2.56. The van der Waals surface area contributed by atoms with E-state index in [0.29, 0.717) is 16.8 Å². The van der Waals surface area contributed by atoms with Crippen LogP contribution in [0.15, 0.2) is 30.7 Å². The van der Waals surface area contributed by atoms with E-state index in [9.17, 15) is 9.18 Å². The number of H-pyrrole nitrogens is 1. The molecule has 0 unspecified atom stereocenters. The number of nitrogens with one attached hydrogen (secondary N) is 2. The van der Waals surface area contributed by atoms with Gasteiger partial charge in [0, 0.05) is 29.1 Å². The normalized spacial score (nSPS) is 32.8. The van der Waals surface area contributed by atoms with Crippen molar-refractivity contribution >= 4 is 5.91 Å². The lowest BCUT2D eigenvalue weighted by Crippen LogP contribution is -2.59. The van der Waals surface area contributed by atoms with Crippen molar-refractivity contribution in [3.63, 3.8) is 0 Å². The fourth-order valence-corrected chi connectivity index (χ4v) is 5.86. The first-order valence-electron chi connectivity index (χ1n) is 9.21. The number of carbonyl (C=O) groups is 1. The number of hydrogen-bond acceptors (Lipinski definition) is 2. The molecule has 6 rings (SSSR count). The van der Waals surface area contributed by atoms with Crippen LogP contribution in [0.1, 0.15) is 49.0 Å². The highest BCUT2D eigenvalue weighted by atomic mass is 19.1. The molecule has 2 aromatic heterocycles. The van der Waals surface area contributed by atoms with Gasteiger partial charge < -0.3 is 10.3 Å². The first-order chi connectivity index (χ1) is 12.1. The smallest absolute Gasteiger partial charge is 0.268 e. The van der Waals surface area contributed by atoms with Crippen LogP contribution in [0.3, 0.4) is 0 Å². The van der Waals surface area contributed by atoms with E-state index in [1.165, 1.54) is 25.5 Å². The van der Waals surface area contributed by atoms with Crippen LogP contribution >= 0.6 is 0 Å². The number of pyridine rings is 1. The molecule has 130 valence electrons. The summed E-state index contributed by atoms with van der Waals surface area (Å²) in [5, 5.41) is 3.34. The molecule has 4 aliphatic rings. The highest BCUT2D eigenvalue weighted by molar-refractivity contribution is 5.94. The minimum Gasteiger partial charge on any atom is -0.357 e. The number of hydrogen-bond donors (Lipinski definition) is 2. The Hall–Kier alpha value is -2.17. The van der Waals surface area contributed by atoms with Crippen molar-refractivity contribution in [2.45, 2.75) is 44.1 Å². The molecule has 4 saturated carbocycles. The molecular weight excluding hydrogens is 317 g/mol. The van der Waals surface area contributed by atoms with Gasteiger partial charge in [0.15, 0.2) is 0 Å². The Bertz CT molecular complexity index is 793. The van der Waals surface area contributed by atoms with Gasteiger partial charge in [0.1, 0.15) is 11.5 Å². The predicted octanol–water partition coefficient (Wildman–Crippen LogP) is 3.91. The van der Waals surface area contributed by atoms with E-state index in [-0.39, 0.29) is 17.3 Å². The summed E-state index contributed by atoms with van der Waals surface area (Å²) in [5.41, 5.74) is 1.62. The third kappa shape index (κ3) is 2.57. The lowest BCUT2D eigenvalue weighted by molar-refractivity contribution is -0.0167. The number of rotatable bonds is 3. The zero-order valence-corrected chi connectivity index (χ0v) is 14.1. The van der Waals surface area contributed by atoms with E-state index >= 15 is 0 Å². The maximum atomic E-state index is 13.9. The second-order valence-corrected chi connectivity index (χ2v) is 8.31. The van der Waals surface area contributed by atoms with Gasteiger partial charge in [-0.15, -0.1) is 0 Å². The third-order valence-corrected chi connectivity index (χ3v) is 6.43. The van der Waals surface area contributed by atoms with Crippen molar-refractivity contribution in [3.8, 4) is 11.1 Å².